The molecule has 1 amide bonds. The summed E-state index contributed by atoms with van der Waals surface area (Å²) >= 11 is 11.9. The van der Waals surface area contributed by atoms with Gasteiger partial charge in [0.15, 0.2) is 0 Å². The van der Waals surface area contributed by atoms with E-state index in [4.69, 9.17) is 23.2 Å². The van der Waals surface area contributed by atoms with E-state index in [1.807, 2.05) is 30.3 Å². The lowest BCUT2D eigenvalue weighted by molar-refractivity contribution is 0.0951. The van der Waals surface area contributed by atoms with Gasteiger partial charge in [-0.1, -0.05) is 59.6 Å². The summed E-state index contributed by atoms with van der Waals surface area (Å²) in [6, 6.07) is 19.6. The average Bonchev–Trinajstić information content (AvgIpc) is 3.00. The third-order valence-electron chi connectivity index (χ3n) is 4.50. The lowest BCUT2D eigenvalue weighted by atomic mass is 10.0. The summed E-state index contributed by atoms with van der Waals surface area (Å²) in [5.74, 6) is -0.0988. The second-order valence-electron chi connectivity index (χ2n) is 6.14. The zero-order chi connectivity index (χ0) is 17.4. The van der Waals surface area contributed by atoms with Crippen LogP contribution in [0.25, 0.3) is 11.1 Å². The van der Waals surface area contributed by atoms with E-state index in [1.165, 1.54) is 16.7 Å². The monoisotopic (exact) mass is 367 g/mol. The van der Waals surface area contributed by atoms with Crippen molar-refractivity contribution in [2.24, 2.45) is 0 Å². The number of carbonyl (C=O) groups excluding carboxylic acids is 1. The number of hydrogen-bond donors (Lipinski definition) is 1. The molecule has 0 radical (unpaired) electrons. The lowest BCUT2D eigenvalue weighted by Gasteiger charge is -2.08. The first-order valence-corrected chi connectivity index (χ1v) is 8.81. The highest BCUT2D eigenvalue weighted by Gasteiger charge is 2.19. The Labute approximate surface area is 156 Å². The van der Waals surface area contributed by atoms with Crippen LogP contribution < -0.4 is 5.32 Å². The third-order valence-corrected chi connectivity index (χ3v) is 5.24. The van der Waals surface area contributed by atoms with Crippen molar-refractivity contribution in [1.82, 2.24) is 5.32 Å². The molecule has 1 aliphatic carbocycles. The molecule has 0 spiro atoms. The topological polar surface area (TPSA) is 29.1 Å². The Hall–Kier alpha value is -2.29. The Balaban J connectivity index is 1.53. The highest BCUT2D eigenvalue weighted by atomic mass is 35.5. The molecule has 0 saturated carbocycles. The van der Waals surface area contributed by atoms with Gasteiger partial charge < -0.3 is 5.32 Å². The van der Waals surface area contributed by atoms with Crippen molar-refractivity contribution in [3.05, 3.63) is 93.0 Å². The molecule has 4 heteroatoms. The van der Waals surface area contributed by atoms with Gasteiger partial charge in [-0.2, -0.15) is 0 Å². The fourth-order valence-electron chi connectivity index (χ4n) is 3.20. The van der Waals surface area contributed by atoms with E-state index in [1.54, 1.807) is 12.1 Å². The fraction of sp³-hybridized carbons (Fsp3) is 0.0952. The molecular weight excluding hydrogens is 353 g/mol. The first-order chi connectivity index (χ1) is 12.1. The second-order valence-corrected chi connectivity index (χ2v) is 6.95. The Morgan fingerprint density at radius 1 is 0.880 bits per heavy atom. The van der Waals surface area contributed by atoms with Crippen LogP contribution in [-0.4, -0.2) is 5.91 Å². The number of benzene rings is 3. The van der Waals surface area contributed by atoms with Crippen LogP contribution in [0.15, 0.2) is 60.7 Å². The van der Waals surface area contributed by atoms with Crippen LogP contribution in [0.1, 0.15) is 27.0 Å². The fourth-order valence-corrected chi connectivity index (χ4v) is 3.52. The standard InChI is InChI=1S/C21H15Cl2NO/c22-19-8-5-13(9-20(19)23)12-24-21(25)16-7-6-15-10-14-3-1-2-4-17(14)18(15)11-16/h1-9,11H,10,12H2,(H,24,25). The second kappa shape index (κ2) is 6.55. The summed E-state index contributed by atoms with van der Waals surface area (Å²) < 4.78 is 0. The van der Waals surface area contributed by atoms with Gasteiger partial charge in [-0.05, 0) is 58.5 Å². The van der Waals surface area contributed by atoms with Crippen molar-refractivity contribution >= 4 is 29.1 Å². The van der Waals surface area contributed by atoms with Crippen molar-refractivity contribution in [1.29, 1.82) is 0 Å². The molecule has 0 fully saturated rings. The lowest BCUT2D eigenvalue weighted by Crippen LogP contribution is -2.22. The smallest absolute Gasteiger partial charge is 0.251 e. The first-order valence-electron chi connectivity index (χ1n) is 8.05. The van der Waals surface area contributed by atoms with E-state index in [-0.39, 0.29) is 5.91 Å². The minimum Gasteiger partial charge on any atom is -0.348 e. The summed E-state index contributed by atoms with van der Waals surface area (Å²) in [6.07, 6.45) is 0.927. The van der Waals surface area contributed by atoms with Gasteiger partial charge in [-0.25, -0.2) is 0 Å². The van der Waals surface area contributed by atoms with Gasteiger partial charge >= 0.3 is 0 Å². The Bertz CT molecular complexity index is 981. The van der Waals surface area contributed by atoms with Gasteiger partial charge in [-0.15, -0.1) is 0 Å². The molecular formula is C21H15Cl2NO. The number of nitrogens with one attached hydrogen (secondary N) is 1. The minimum absolute atomic E-state index is 0.0988. The van der Waals surface area contributed by atoms with E-state index < -0.39 is 0 Å². The molecule has 0 aromatic heterocycles. The van der Waals surface area contributed by atoms with Crippen LogP contribution in [-0.2, 0) is 13.0 Å². The van der Waals surface area contributed by atoms with Crippen molar-refractivity contribution in [3.63, 3.8) is 0 Å². The molecule has 0 bridgehead atoms. The maximum Gasteiger partial charge on any atom is 0.251 e. The summed E-state index contributed by atoms with van der Waals surface area (Å²) in [5.41, 5.74) is 6.52. The van der Waals surface area contributed by atoms with E-state index in [0.717, 1.165) is 17.5 Å². The SMILES string of the molecule is O=C(NCc1ccc(Cl)c(Cl)c1)c1ccc2c(c1)-c1ccccc1C2. The molecule has 0 unspecified atom stereocenters. The number of amides is 1. The van der Waals surface area contributed by atoms with E-state index in [9.17, 15) is 4.79 Å². The molecule has 124 valence electrons. The molecule has 4 rings (SSSR count). The van der Waals surface area contributed by atoms with Crippen LogP contribution >= 0.6 is 23.2 Å². The maximum absolute atomic E-state index is 12.5. The normalized spacial score (nSPS) is 11.8. The largest absolute Gasteiger partial charge is 0.348 e. The molecule has 3 aromatic rings. The number of fused-ring (bicyclic) bond motifs is 3. The molecule has 2 nitrogen and oxygen atoms in total. The summed E-state index contributed by atoms with van der Waals surface area (Å²) in [4.78, 5) is 12.5. The molecule has 0 aliphatic heterocycles. The molecule has 0 atom stereocenters. The van der Waals surface area contributed by atoms with Gasteiger partial charge in [0.2, 0.25) is 0 Å². The van der Waals surface area contributed by atoms with Gasteiger partial charge in [0.25, 0.3) is 5.91 Å². The summed E-state index contributed by atoms with van der Waals surface area (Å²) in [7, 11) is 0. The molecule has 25 heavy (non-hydrogen) atoms. The van der Waals surface area contributed by atoms with E-state index in [2.05, 4.69) is 23.5 Å². The van der Waals surface area contributed by atoms with Crippen LogP contribution in [0.2, 0.25) is 10.0 Å². The quantitative estimate of drug-likeness (QED) is 0.509. The zero-order valence-corrected chi connectivity index (χ0v) is 14.9. The molecule has 3 aromatic carbocycles. The van der Waals surface area contributed by atoms with Crippen molar-refractivity contribution in [2.75, 3.05) is 0 Å². The summed E-state index contributed by atoms with van der Waals surface area (Å²) in [6.45, 7) is 0.406. The highest BCUT2D eigenvalue weighted by molar-refractivity contribution is 6.42. The van der Waals surface area contributed by atoms with Crippen LogP contribution in [0, 0.1) is 0 Å². The predicted molar refractivity (Wildman–Crippen MR) is 102 cm³/mol. The average molecular weight is 368 g/mol. The van der Waals surface area contributed by atoms with Gasteiger partial charge in [0.05, 0.1) is 10.0 Å². The Morgan fingerprint density at radius 2 is 1.68 bits per heavy atom. The highest BCUT2D eigenvalue weighted by Crippen LogP contribution is 2.36. The van der Waals surface area contributed by atoms with Crippen molar-refractivity contribution < 1.29 is 4.79 Å². The Morgan fingerprint density at radius 3 is 2.52 bits per heavy atom. The Kier molecular flexibility index (Phi) is 4.24. The van der Waals surface area contributed by atoms with Crippen LogP contribution in [0.5, 0.6) is 0 Å². The van der Waals surface area contributed by atoms with Crippen LogP contribution in [0.4, 0.5) is 0 Å². The summed E-state index contributed by atoms with van der Waals surface area (Å²) in [5, 5.41) is 3.93. The van der Waals surface area contributed by atoms with Gasteiger partial charge in [-0.3, -0.25) is 4.79 Å². The molecule has 1 N–H and O–H groups in total. The zero-order valence-electron chi connectivity index (χ0n) is 13.4. The number of rotatable bonds is 3. The molecule has 1 aliphatic rings. The molecule has 0 saturated heterocycles. The molecule has 0 heterocycles. The van der Waals surface area contributed by atoms with Gasteiger partial charge in [0.1, 0.15) is 0 Å². The number of halogens is 2. The third kappa shape index (κ3) is 3.15. The van der Waals surface area contributed by atoms with Crippen molar-refractivity contribution in [3.8, 4) is 11.1 Å². The van der Waals surface area contributed by atoms with Gasteiger partial charge in [0, 0.05) is 12.1 Å². The van der Waals surface area contributed by atoms with Crippen LogP contribution in [0.3, 0.4) is 0 Å². The minimum atomic E-state index is -0.0988. The van der Waals surface area contributed by atoms with E-state index >= 15 is 0 Å². The van der Waals surface area contributed by atoms with Crippen molar-refractivity contribution in [2.45, 2.75) is 13.0 Å². The predicted octanol–water partition coefficient (Wildman–Crippen LogP) is 5.49. The number of carbonyl (C=O) groups is 1. The first kappa shape index (κ1) is 16.2. The van der Waals surface area contributed by atoms with E-state index in [0.29, 0.717) is 22.2 Å². The number of hydrogen-bond acceptors (Lipinski definition) is 1. The maximum atomic E-state index is 12.5.